The Bertz CT molecular complexity index is 276. The van der Waals surface area contributed by atoms with Crippen LogP contribution in [0.15, 0.2) is 6.20 Å². The van der Waals surface area contributed by atoms with E-state index < -0.39 is 0 Å². The average Bonchev–Trinajstić information content (AvgIpc) is 2.31. The van der Waals surface area contributed by atoms with Gasteiger partial charge in [-0.2, -0.15) is 0 Å². The van der Waals surface area contributed by atoms with Crippen molar-refractivity contribution in [3.63, 3.8) is 0 Å². The van der Waals surface area contributed by atoms with Crippen molar-refractivity contribution in [2.75, 3.05) is 6.54 Å². The first kappa shape index (κ1) is 10.3. The molecule has 13 heavy (non-hydrogen) atoms. The lowest BCUT2D eigenvalue weighted by Gasteiger charge is -2.18. The standard InChI is InChI=1S/C10H19N3/c1-7(2)9(5-11)10-12-8(3)6-13(10)4/h6-7,9H,5,11H2,1-4H3. The Balaban J connectivity index is 2.97. The normalized spacial score (nSPS) is 13.7. The van der Waals surface area contributed by atoms with Gasteiger partial charge in [-0.1, -0.05) is 13.8 Å². The Kier molecular flexibility index (Phi) is 3.09. The number of hydrogen-bond acceptors (Lipinski definition) is 2. The quantitative estimate of drug-likeness (QED) is 0.766. The van der Waals surface area contributed by atoms with Gasteiger partial charge in [-0.05, 0) is 12.8 Å². The van der Waals surface area contributed by atoms with Crippen LogP contribution in [0.5, 0.6) is 0 Å². The van der Waals surface area contributed by atoms with Crippen LogP contribution in [0.1, 0.15) is 31.3 Å². The number of aryl methyl sites for hydroxylation is 2. The third-order valence-electron chi connectivity index (χ3n) is 2.42. The van der Waals surface area contributed by atoms with Gasteiger partial charge in [0.05, 0.1) is 5.69 Å². The van der Waals surface area contributed by atoms with E-state index in [2.05, 4.69) is 23.4 Å². The van der Waals surface area contributed by atoms with E-state index in [0.717, 1.165) is 11.5 Å². The minimum atomic E-state index is 0.374. The molecule has 74 valence electrons. The predicted octanol–water partition coefficient (Wildman–Crippen LogP) is 1.43. The third kappa shape index (κ3) is 2.10. The minimum Gasteiger partial charge on any atom is -0.337 e. The summed E-state index contributed by atoms with van der Waals surface area (Å²) in [4.78, 5) is 4.49. The molecule has 1 heterocycles. The van der Waals surface area contributed by atoms with Crippen molar-refractivity contribution < 1.29 is 0 Å². The number of hydrogen-bond donors (Lipinski definition) is 1. The monoisotopic (exact) mass is 181 g/mol. The lowest BCUT2D eigenvalue weighted by molar-refractivity contribution is 0.471. The number of nitrogens with zero attached hydrogens (tertiary/aromatic N) is 2. The van der Waals surface area contributed by atoms with E-state index in [9.17, 15) is 0 Å². The molecule has 1 atom stereocenters. The van der Waals surface area contributed by atoms with Crippen molar-refractivity contribution in [2.24, 2.45) is 18.7 Å². The third-order valence-corrected chi connectivity index (χ3v) is 2.42. The molecule has 0 bridgehead atoms. The predicted molar refractivity (Wildman–Crippen MR) is 54.6 cm³/mol. The average molecular weight is 181 g/mol. The molecule has 0 aromatic carbocycles. The summed E-state index contributed by atoms with van der Waals surface area (Å²) in [7, 11) is 2.03. The zero-order chi connectivity index (χ0) is 10.0. The van der Waals surface area contributed by atoms with E-state index in [1.165, 1.54) is 0 Å². The largest absolute Gasteiger partial charge is 0.337 e. The van der Waals surface area contributed by atoms with Gasteiger partial charge in [0, 0.05) is 25.7 Å². The molecule has 0 saturated heterocycles. The van der Waals surface area contributed by atoms with E-state index in [1.54, 1.807) is 0 Å². The second-order valence-corrected chi connectivity index (χ2v) is 3.94. The van der Waals surface area contributed by atoms with Crippen LogP contribution in [0.25, 0.3) is 0 Å². The molecule has 0 spiro atoms. The summed E-state index contributed by atoms with van der Waals surface area (Å²) in [5, 5.41) is 0. The van der Waals surface area contributed by atoms with Crippen LogP contribution >= 0.6 is 0 Å². The van der Waals surface area contributed by atoms with Crippen molar-refractivity contribution in [2.45, 2.75) is 26.7 Å². The topological polar surface area (TPSA) is 43.8 Å². The molecule has 1 aromatic heterocycles. The maximum atomic E-state index is 5.73. The number of aromatic nitrogens is 2. The summed E-state index contributed by atoms with van der Waals surface area (Å²) in [6, 6.07) is 0. The summed E-state index contributed by atoms with van der Waals surface area (Å²) in [6.07, 6.45) is 2.04. The van der Waals surface area contributed by atoms with Gasteiger partial charge in [-0.3, -0.25) is 0 Å². The summed E-state index contributed by atoms with van der Waals surface area (Å²) in [5.74, 6) is 2.03. The minimum absolute atomic E-state index is 0.374. The summed E-state index contributed by atoms with van der Waals surface area (Å²) < 4.78 is 2.08. The van der Waals surface area contributed by atoms with Crippen molar-refractivity contribution >= 4 is 0 Å². The molecule has 3 heteroatoms. The van der Waals surface area contributed by atoms with Crippen molar-refractivity contribution in [1.82, 2.24) is 9.55 Å². The van der Waals surface area contributed by atoms with Crippen molar-refractivity contribution in [3.8, 4) is 0 Å². The zero-order valence-electron chi connectivity index (χ0n) is 8.91. The number of rotatable bonds is 3. The Hall–Kier alpha value is -0.830. The van der Waals surface area contributed by atoms with Gasteiger partial charge in [0.15, 0.2) is 0 Å². The van der Waals surface area contributed by atoms with Crippen molar-refractivity contribution in [1.29, 1.82) is 0 Å². The smallest absolute Gasteiger partial charge is 0.113 e. The van der Waals surface area contributed by atoms with E-state index >= 15 is 0 Å². The highest BCUT2D eigenvalue weighted by Crippen LogP contribution is 2.21. The molecule has 0 aliphatic carbocycles. The highest BCUT2D eigenvalue weighted by Gasteiger charge is 2.18. The van der Waals surface area contributed by atoms with Gasteiger partial charge in [-0.25, -0.2) is 4.98 Å². The molecule has 1 unspecified atom stereocenters. The fourth-order valence-corrected chi connectivity index (χ4v) is 1.65. The maximum absolute atomic E-state index is 5.73. The Morgan fingerprint density at radius 1 is 1.54 bits per heavy atom. The summed E-state index contributed by atoms with van der Waals surface area (Å²) >= 11 is 0. The molecule has 1 aromatic rings. The Morgan fingerprint density at radius 3 is 2.46 bits per heavy atom. The van der Waals surface area contributed by atoms with Gasteiger partial charge in [-0.15, -0.1) is 0 Å². The fourth-order valence-electron chi connectivity index (χ4n) is 1.65. The number of imidazole rings is 1. The van der Waals surface area contributed by atoms with Gasteiger partial charge < -0.3 is 10.3 Å². The van der Waals surface area contributed by atoms with Gasteiger partial charge in [0.2, 0.25) is 0 Å². The van der Waals surface area contributed by atoms with Gasteiger partial charge >= 0.3 is 0 Å². The lowest BCUT2D eigenvalue weighted by atomic mass is 9.95. The van der Waals surface area contributed by atoms with Crippen molar-refractivity contribution in [3.05, 3.63) is 17.7 Å². The van der Waals surface area contributed by atoms with Crippen LogP contribution < -0.4 is 5.73 Å². The molecular formula is C10H19N3. The second kappa shape index (κ2) is 3.92. The van der Waals surface area contributed by atoms with Gasteiger partial charge in [0.25, 0.3) is 0 Å². The van der Waals surface area contributed by atoms with E-state index in [4.69, 9.17) is 5.73 Å². The number of nitrogens with two attached hydrogens (primary N) is 1. The van der Waals surface area contributed by atoms with Crippen LogP contribution in [0.2, 0.25) is 0 Å². The molecule has 0 aliphatic heterocycles. The Labute approximate surface area is 80.0 Å². The SMILES string of the molecule is Cc1cn(C)c(C(CN)C(C)C)n1. The molecule has 1 rings (SSSR count). The van der Waals surface area contributed by atoms with Crippen LogP contribution in [-0.2, 0) is 7.05 Å². The molecule has 0 radical (unpaired) electrons. The van der Waals surface area contributed by atoms with E-state index in [1.807, 2.05) is 20.2 Å². The fraction of sp³-hybridized carbons (Fsp3) is 0.700. The van der Waals surface area contributed by atoms with Crippen LogP contribution in [0, 0.1) is 12.8 Å². The van der Waals surface area contributed by atoms with Crippen LogP contribution in [0.4, 0.5) is 0 Å². The van der Waals surface area contributed by atoms with Crippen LogP contribution in [-0.4, -0.2) is 16.1 Å². The summed E-state index contributed by atoms with van der Waals surface area (Å²) in [6.45, 7) is 7.04. The highest BCUT2D eigenvalue weighted by molar-refractivity contribution is 5.07. The first-order chi connectivity index (χ1) is 6.06. The van der Waals surface area contributed by atoms with E-state index in [-0.39, 0.29) is 0 Å². The molecule has 2 N–H and O–H groups in total. The second-order valence-electron chi connectivity index (χ2n) is 3.94. The first-order valence-electron chi connectivity index (χ1n) is 4.76. The van der Waals surface area contributed by atoms with Gasteiger partial charge in [0.1, 0.15) is 5.82 Å². The lowest BCUT2D eigenvalue weighted by Crippen LogP contribution is -2.21. The first-order valence-corrected chi connectivity index (χ1v) is 4.76. The molecule has 0 amide bonds. The molecule has 0 aliphatic rings. The molecule has 3 nitrogen and oxygen atoms in total. The molecular weight excluding hydrogens is 162 g/mol. The van der Waals surface area contributed by atoms with Crippen LogP contribution in [0.3, 0.4) is 0 Å². The zero-order valence-corrected chi connectivity index (χ0v) is 8.91. The van der Waals surface area contributed by atoms with E-state index in [0.29, 0.717) is 18.4 Å². The summed E-state index contributed by atoms with van der Waals surface area (Å²) in [5.41, 5.74) is 6.80. The molecule has 0 fully saturated rings. The highest BCUT2D eigenvalue weighted by atomic mass is 15.1. The maximum Gasteiger partial charge on any atom is 0.113 e. The Morgan fingerprint density at radius 2 is 2.15 bits per heavy atom. The molecule has 0 saturated carbocycles.